The maximum atomic E-state index is 12.3. The quantitative estimate of drug-likeness (QED) is 0.748. The number of hydrogen-bond acceptors (Lipinski definition) is 5. The molecule has 2 rings (SSSR count). The number of ether oxygens (including phenoxy) is 2. The molecule has 2 fully saturated rings. The van der Waals surface area contributed by atoms with Gasteiger partial charge in [0.05, 0.1) is 12.0 Å². The van der Waals surface area contributed by atoms with Crippen molar-refractivity contribution in [2.75, 3.05) is 13.1 Å². The summed E-state index contributed by atoms with van der Waals surface area (Å²) < 4.78 is 10.8. The van der Waals surface area contributed by atoms with E-state index in [1.165, 1.54) is 0 Å². The fraction of sp³-hybridized carbons (Fsp3) is 0.882. The Morgan fingerprint density at radius 1 is 1.09 bits per heavy atom. The van der Waals surface area contributed by atoms with E-state index in [1.807, 2.05) is 41.5 Å². The summed E-state index contributed by atoms with van der Waals surface area (Å²) in [6.45, 7) is 11.7. The summed E-state index contributed by atoms with van der Waals surface area (Å²) >= 11 is 0. The highest BCUT2D eigenvalue weighted by Crippen LogP contribution is 2.58. The highest BCUT2D eigenvalue weighted by atomic mass is 16.6. The molecule has 1 saturated heterocycles. The summed E-state index contributed by atoms with van der Waals surface area (Å²) in [6, 6.07) is 0. The smallest absolute Gasteiger partial charge is 0.410 e. The van der Waals surface area contributed by atoms with Crippen LogP contribution in [0.1, 0.15) is 54.4 Å². The number of nitrogens with zero attached hydrogens (tertiary/aromatic N) is 1. The lowest BCUT2D eigenvalue weighted by Gasteiger charge is -2.38. The Morgan fingerprint density at radius 3 is 2.17 bits per heavy atom. The Kier molecular flexibility index (Phi) is 4.43. The molecule has 1 saturated carbocycles. The molecule has 132 valence electrons. The molecule has 1 spiro atoms. The maximum absolute atomic E-state index is 12.3. The van der Waals surface area contributed by atoms with Crippen molar-refractivity contribution in [3.05, 3.63) is 0 Å². The van der Waals surface area contributed by atoms with Crippen LogP contribution >= 0.6 is 0 Å². The van der Waals surface area contributed by atoms with Crippen molar-refractivity contribution in [2.45, 2.75) is 71.7 Å². The van der Waals surface area contributed by atoms with Crippen molar-refractivity contribution in [2.24, 2.45) is 11.3 Å². The number of aliphatic hydroxyl groups excluding tert-OH is 1. The molecule has 1 amide bonds. The number of amides is 1. The summed E-state index contributed by atoms with van der Waals surface area (Å²) in [5.74, 6) is -0.635. The molecule has 0 aromatic carbocycles. The van der Waals surface area contributed by atoms with Gasteiger partial charge >= 0.3 is 12.1 Å². The molecule has 3 atom stereocenters. The molecule has 6 nitrogen and oxygen atoms in total. The van der Waals surface area contributed by atoms with E-state index >= 15 is 0 Å². The van der Waals surface area contributed by atoms with E-state index in [-0.39, 0.29) is 11.9 Å². The highest BCUT2D eigenvalue weighted by Gasteiger charge is 2.65. The Hall–Kier alpha value is -1.30. The van der Waals surface area contributed by atoms with Crippen molar-refractivity contribution in [3.8, 4) is 0 Å². The van der Waals surface area contributed by atoms with Gasteiger partial charge in [-0.05, 0) is 54.4 Å². The van der Waals surface area contributed by atoms with Crippen LogP contribution in [0.2, 0.25) is 0 Å². The first kappa shape index (κ1) is 18.0. The van der Waals surface area contributed by atoms with Crippen LogP contribution in [0, 0.1) is 11.3 Å². The molecule has 3 unspecified atom stereocenters. The van der Waals surface area contributed by atoms with E-state index in [9.17, 15) is 14.7 Å². The zero-order valence-corrected chi connectivity index (χ0v) is 15.0. The molecule has 0 bridgehead atoms. The average Bonchev–Trinajstić information content (AvgIpc) is 3.04. The third-order valence-electron chi connectivity index (χ3n) is 4.28. The number of piperidine rings is 1. The molecule has 6 heteroatoms. The van der Waals surface area contributed by atoms with Gasteiger partial charge in [0.2, 0.25) is 0 Å². The predicted molar refractivity (Wildman–Crippen MR) is 84.8 cm³/mol. The normalized spacial score (nSPS) is 31.0. The molecule has 1 aliphatic carbocycles. The van der Waals surface area contributed by atoms with Crippen LogP contribution in [0.3, 0.4) is 0 Å². The summed E-state index contributed by atoms with van der Waals surface area (Å²) in [4.78, 5) is 26.1. The number of carbonyl (C=O) groups is 2. The Labute approximate surface area is 138 Å². The lowest BCUT2D eigenvalue weighted by atomic mass is 9.89. The third kappa shape index (κ3) is 4.16. The van der Waals surface area contributed by atoms with E-state index in [4.69, 9.17) is 9.47 Å². The number of esters is 1. The van der Waals surface area contributed by atoms with E-state index < -0.39 is 28.8 Å². The van der Waals surface area contributed by atoms with Crippen molar-refractivity contribution >= 4 is 12.1 Å². The Bertz CT molecular complexity index is 464. The van der Waals surface area contributed by atoms with Gasteiger partial charge in [-0.15, -0.1) is 0 Å². The average molecular weight is 327 g/mol. The summed E-state index contributed by atoms with van der Waals surface area (Å²) in [5.41, 5.74) is -1.68. The van der Waals surface area contributed by atoms with Gasteiger partial charge in [-0.25, -0.2) is 4.79 Å². The number of hydrogen-bond donors (Lipinski definition) is 1. The van der Waals surface area contributed by atoms with Gasteiger partial charge in [0.1, 0.15) is 11.2 Å². The molecule has 0 radical (unpaired) electrons. The topological polar surface area (TPSA) is 76.1 Å². The van der Waals surface area contributed by atoms with Gasteiger partial charge in [-0.2, -0.15) is 0 Å². The molecule has 23 heavy (non-hydrogen) atoms. The minimum atomic E-state index is -0.585. The molecule has 2 aliphatic rings. The van der Waals surface area contributed by atoms with Crippen LogP contribution in [0.4, 0.5) is 4.79 Å². The molecule has 1 heterocycles. The van der Waals surface area contributed by atoms with Gasteiger partial charge < -0.3 is 19.5 Å². The second kappa shape index (κ2) is 5.65. The van der Waals surface area contributed by atoms with E-state index in [1.54, 1.807) is 4.90 Å². The van der Waals surface area contributed by atoms with Gasteiger partial charge in [0.15, 0.2) is 0 Å². The highest BCUT2D eigenvalue weighted by molar-refractivity contribution is 5.78. The SMILES string of the molecule is CC(C)(C)OC(=O)C1CC12CN(C(=O)OC(C)(C)C)CCC2O. The molecular formula is C17H29NO5. The minimum absolute atomic E-state index is 0.289. The second-order valence-electron chi connectivity index (χ2n) is 8.73. The fourth-order valence-corrected chi connectivity index (χ4v) is 3.14. The monoisotopic (exact) mass is 327 g/mol. The standard InChI is InChI=1S/C17H29NO5/c1-15(2,3)22-13(20)11-9-17(11)10-18(8-7-12(17)19)14(21)23-16(4,5)6/h11-12,19H,7-10H2,1-6H3. The molecule has 0 aromatic rings. The first-order valence-electron chi connectivity index (χ1n) is 8.23. The van der Waals surface area contributed by atoms with Gasteiger partial charge in [-0.3, -0.25) is 4.79 Å². The first-order chi connectivity index (χ1) is 10.3. The van der Waals surface area contributed by atoms with Crippen LogP contribution in [-0.2, 0) is 14.3 Å². The lowest BCUT2D eigenvalue weighted by Crippen LogP contribution is -2.50. The summed E-state index contributed by atoms with van der Waals surface area (Å²) in [7, 11) is 0. The van der Waals surface area contributed by atoms with Gasteiger partial charge in [0.25, 0.3) is 0 Å². The van der Waals surface area contributed by atoms with E-state index in [2.05, 4.69) is 0 Å². The molecule has 0 aromatic heterocycles. The third-order valence-corrected chi connectivity index (χ3v) is 4.28. The Morgan fingerprint density at radius 2 is 1.65 bits per heavy atom. The first-order valence-corrected chi connectivity index (χ1v) is 8.23. The summed E-state index contributed by atoms with van der Waals surface area (Å²) in [6.07, 6.45) is 0.0401. The van der Waals surface area contributed by atoms with Crippen molar-refractivity contribution < 1.29 is 24.2 Å². The predicted octanol–water partition coefficient (Wildman–Crippen LogP) is 2.34. The second-order valence-corrected chi connectivity index (χ2v) is 8.73. The minimum Gasteiger partial charge on any atom is -0.460 e. The molecular weight excluding hydrogens is 298 g/mol. The number of rotatable bonds is 1. The van der Waals surface area contributed by atoms with Crippen LogP contribution < -0.4 is 0 Å². The zero-order chi connectivity index (χ0) is 17.6. The molecule has 1 N–H and O–H groups in total. The maximum Gasteiger partial charge on any atom is 0.410 e. The van der Waals surface area contributed by atoms with E-state index in [0.717, 1.165) is 0 Å². The van der Waals surface area contributed by atoms with Crippen molar-refractivity contribution in [1.82, 2.24) is 4.90 Å². The van der Waals surface area contributed by atoms with E-state index in [0.29, 0.717) is 25.9 Å². The van der Waals surface area contributed by atoms with Gasteiger partial charge in [-0.1, -0.05) is 0 Å². The van der Waals surface area contributed by atoms with Crippen LogP contribution in [0.15, 0.2) is 0 Å². The zero-order valence-electron chi connectivity index (χ0n) is 15.0. The fourth-order valence-electron chi connectivity index (χ4n) is 3.14. The van der Waals surface area contributed by atoms with Gasteiger partial charge in [0, 0.05) is 18.5 Å². The lowest BCUT2D eigenvalue weighted by molar-refractivity contribution is -0.159. The molecule has 1 aliphatic heterocycles. The van der Waals surface area contributed by atoms with Crippen molar-refractivity contribution in [3.63, 3.8) is 0 Å². The Balaban J connectivity index is 2.03. The van der Waals surface area contributed by atoms with Crippen LogP contribution in [0.25, 0.3) is 0 Å². The van der Waals surface area contributed by atoms with Crippen LogP contribution in [0.5, 0.6) is 0 Å². The largest absolute Gasteiger partial charge is 0.460 e. The number of likely N-dealkylation sites (tertiary alicyclic amines) is 1. The van der Waals surface area contributed by atoms with Crippen molar-refractivity contribution in [1.29, 1.82) is 0 Å². The number of carbonyl (C=O) groups excluding carboxylic acids is 2. The summed E-state index contributed by atoms with van der Waals surface area (Å²) in [5, 5.41) is 10.4. The van der Waals surface area contributed by atoms with Crippen LogP contribution in [-0.4, -0.2) is 52.5 Å². The number of aliphatic hydroxyl groups is 1.